The first kappa shape index (κ1) is 15.4. The number of ether oxygens (including phenoxy) is 1. The van der Waals surface area contributed by atoms with Gasteiger partial charge in [-0.25, -0.2) is 9.97 Å². The van der Waals surface area contributed by atoms with Crippen molar-refractivity contribution in [3.8, 4) is 0 Å². The molecular weight excluding hydrogens is 292 g/mol. The van der Waals surface area contributed by atoms with Gasteiger partial charge in [0.25, 0.3) is 0 Å². The Morgan fingerprint density at radius 3 is 2.70 bits per heavy atom. The van der Waals surface area contributed by atoms with Gasteiger partial charge in [0, 0.05) is 19.2 Å². The zero-order valence-corrected chi connectivity index (χ0v) is 13.3. The van der Waals surface area contributed by atoms with Crippen LogP contribution in [0.15, 0.2) is 36.4 Å². The normalized spacial score (nSPS) is 17.8. The number of rotatable bonds is 3. The molecule has 0 bridgehead atoms. The highest BCUT2D eigenvalue weighted by molar-refractivity contribution is 5.73. The van der Waals surface area contributed by atoms with Crippen LogP contribution in [0.5, 0.6) is 0 Å². The van der Waals surface area contributed by atoms with Crippen molar-refractivity contribution in [1.29, 1.82) is 0 Å². The van der Waals surface area contributed by atoms with Gasteiger partial charge in [0.15, 0.2) is 0 Å². The molecule has 0 saturated carbocycles. The fraction of sp³-hybridized carbons (Fsp3) is 0.353. The lowest BCUT2D eigenvalue weighted by Crippen LogP contribution is -2.41. The molecule has 0 aromatic carbocycles. The number of carbonyl (C=O) groups excluding carboxylic acids is 1. The van der Waals surface area contributed by atoms with Crippen molar-refractivity contribution in [3.05, 3.63) is 47.8 Å². The van der Waals surface area contributed by atoms with Crippen LogP contribution < -0.4 is 5.32 Å². The second-order valence-corrected chi connectivity index (χ2v) is 5.56. The average molecular weight is 312 g/mol. The van der Waals surface area contributed by atoms with Gasteiger partial charge in [-0.3, -0.25) is 4.79 Å². The number of aryl methyl sites for hydroxylation is 1. The maximum Gasteiger partial charge on any atom is 0.219 e. The Morgan fingerprint density at radius 2 is 1.96 bits per heavy atom. The summed E-state index contributed by atoms with van der Waals surface area (Å²) >= 11 is 0. The van der Waals surface area contributed by atoms with Crippen LogP contribution in [0.1, 0.15) is 24.4 Å². The van der Waals surface area contributed by atoms with Crippen molar-refractivity contribution >= 4 is 17.5 Å². The molecular formula is C17H20N4O2. The van der Waals surface area contributed by atoms with Crippen molar-refractivity contribution in [3.63, 3.8) is 0 Å². The summed E-state index contributed by atoms with van der Waals surface area (Å²) in [5.74, 6) is 1.53. The monoisotopic (exact) mass is 312 g/mol. The first-order valence-corrected chi connectivity index (χ1v) is 7.66. The molecule has 1 atom stereocenters. The van der Waals surface area contributed by atoms with Crippen LogP contribution in [-0.2, 0) is 9.53 Å². The molecule has 6 heteroatoms. The maximum atomic E-state index is 11.5. The zero-order chi connectivity index (χ0) is 16.2. The second-order valence-electron chi connectivity index (χ2n) is 5.56. The molecule has 3 heterocycles. The number of hydrogen-bond acceptors (Lipinski definition) is 5. The van der Waals surface area contributed by atoms with Gasteiger partial charge in [-0.05, 0) is 31.2 Å². The molecule has 120 valence electrons. The first-order valence-electron chi connectivity index (χ1n) is 7.66. The molecule has 1 aliphatic rings. The number of carbonyl (C=O) groups is 1. The average Bonchev–Trinajstić information content (AvgIpc) is 2.55. The Labute approximate surface area is 135 Å². The fourth-order valence-electron chi connectivity index (χ4n) is 2.56. The summed E-state index contributed by atoms with van der Waals surface area (Å²) in [5, 5.41) is 3.20. The highest BCUT2D eigenvalue weighted by Crippen LogP contribution is 2.22. The van der Waals surface area contributed by atoms with E-state index in [-0.39, 0.29) is 12.0 Å². The van der Waals surface area contributed by atoms with Crippen molar-refractivity contribution in [2.24, 2.45) is 0 Å². The largest absolute Gasteiger partial charge is 0.368 e. The number of nitrogens with one attached hydrogen (secondary N) is 1. The summed E-state index contributed by atoms with van der Waals surface area (Å²) in [6, 6.07) is 11.5. The SMILES string of the molecule is CC(=O)N1CCO[C@@H](c2cccc(Nc3cccc(C)n3)n2)C1. The Kier molecular flexibility index (Phi) is 4.52. The summed E-state index contributed by atoms with van der Waals surface area (Å²) in [7, 11) is 0. The van der Waals surface area contributed by atoms with E-state index in [9.17, 15) is 4.79 Å². The molecule has 2 aromatic rings. The van der Waals surface area contributed by atoms with Gasteiger partial charge in [0.1, 0.15) is 17.7 Å². The van der Waals surface area contributed by atoms with E-state index in [0.717, 1.165) is 17.2 Å². The molecule has 0 spiro atoms. The van der Waals surface area contributed by atoms with E-state index in [1.807, 2.05) is 43.3 Å². The van der Waals surface area contributed by atoms with Gasteiger partial charge in [0.05, 0.1) is 18.8 Å². The quantitative estimate of drug-likeness (QED) is 0.943. The molecule has 0 aliphatic carbocycles. The second kappa shape index (κ2) is 6.75. The minimum atomic E-state index is -0.195. The first-order chi connectivity index (χ1) is 11.1. The van der Waals surface area contributed by atoms with Crippen LogP contribution in [0, 0.1) is 6.92 Å². The van der Waals surface area contributed by atoms with Crippen molar-refractivity contribution in [1.82, 2.24) is 14.9 Å². The Bertz CT molecular complexity index is 704. The number of anilines is 2. The van der Waals surface area contributed by atoms with Gasteiger partial charge in [-0.15, -0.1) is 0 Å². The van der Waals surface area contributed by atoms with Gasteiger partial charge < -0.3 is 15.0 Å². The number of aromatic nitrogens is 2. The number of pyridine rings is 2. The summed E-state index contributed by atoms with van der Waals surface area (Å²) < 4.78 is 5.77. The number of amides is 1. The molecule has 0 unspecified atom stereocenters. The molecule has 6 nitrogen and oxygen atoms in total. The van der Waals surface area contributed by atoms with Crippen molar-refractivity contribution in [2.45, 2.75) is 20.0 Å². The van der Waals surface area contributed by atoms with E-state index < -0.39 is 0 Å². The smallest absolute Gasteiger partial charge is 0.219 e. The summed E-state index contributed by atoms with van der Waals surface area (Å²) in [6.07, 6.45) is -0.195. The van der Waals surface area contributed by atoms with E-state index in [1.165, 1.54) is 0 Å². The van der Waals surface area contributed by atoms with E-state index in [1.54, 1.807) is 11.8 Å². The third-order valence-electron chi connectivity index (χ3n) is 3.76. The molecule has 1 saturated heterocycles. The van der Waals surface area contributed by atoms with Gasteiger partial charge in [0.2, 0.25) is 5.91 Å². The van der Waals surface area contributed by atoms with Crippen LogP contribution in [0.2, 0.25) is 0 Å². The number of hydrogen-bond donors (Lipinski definition) is 1. The minimum Gasteiger partial charge on any atom is -0.368 e. The maximum absolute atomic E-state index is 11.5. The third-order valence-corrected chi connectivity index (χ3v) is 3.76. The van der Waals surface area contributed by atoms with Crippen LogP contribution in [0.3, 0.4) is 0 Å². The summed E-state index contributed by atoms with van der Waals surface area (Å²) in [4.78, 5) is 22.3. The van der Waals surface area contributed by atoms with Crippen LogP contribution in [0.25, 0.3) is 0 Å². The molecule has 1 aliphatic heterocycles. The van der Waals surface area contributed by atoms with Gasteiger partial charge in [-0.1, -0.05) is 12.1 Å². The number of morpholine rings is 1. The van der Waals surface area contributed by atoms with Crippen LogP contribution in [0.4, 0.5) is 11.6 Å². The molecule has 1 amide bonds. The molecule has 1 fully saturated rings. The third kappa shape index (κ3) is 3.84. The van der Waals surface area contributed by atoms with E-state index in [0.29, 0.717) is 25.5 Å². The molecule has 23 heavy (non-hydrogen) atoms. The van der Waals surface area contributed by atoms with E-state index >= 15 is 0 Å². The molecule has 1 N–H and O–H groups in total. The molecule has 3 rings (SSSR count). The van der Waals surface area contributed by atoms with Crippen LogP contribution in [-0.4, -0.2) is 40.5 Å². The number of nitrogens with zero attached hydrogens (tertiary/aromatic N) is 3. The predicted octanol–water partition coefficient (Wildman–Crippen LogP) is 2.45. The van der Waals surface area contributed by atoms with Gasteiger partial charge in [-0.2, -0.15) is 0 Å². The predicted molar refractivity (Wildman–Crippen MR) is 87.4 cm³/mol. The topological polar surface area (TPSA) is 67.3 Å². The molecule has 0 radical (unpaired) electrons. The Morgan fingerprint density at radius 1 is 1.22 bits per heavy atom. The van der Waals surface area contributed by atoms with Crippen molar-refractivity contribution < 1.29 is 9.53 Å². The van der Waals surface area contributed by atoms with E-state index in [2.05, 4.69) is 15.3 Å². The van der Waals surface area contributed by atoms with Crippen LogP contribution >= 0.6 is 0 Å². The Balaban J connectivity index is 1.75. The lowest BCUT2D eigenvalue weighted by Gasteiger charge is -2.32. The Hall–Kier alpha value is -2.47. The highest BCUT2D eigenvalue weighted by atomic mass is 16.5. The molecule has 2 aromatic heterocycles. The fourth-order valence-corrected chi connectivity index (χ4v) is 2.56. The van der Waals surface area contributed by atoms with Crippen molar-refractivity contribution in [2.75, 3.05) is 25.0 Å². The van der Waals surface area contributed by atoms with E-state index in [4.69, 9.17) is 4.74 Å². The standard InChI is InChI=1S/C17H20N4O2/c1-12-5-3-7-16(18-12)20-17-8-4-6-14(19-17)15-11-21(13(2)22)9-10-23-15/h3-8,15H,9-11H2,1-2H3,(H,18,19,20)/t15-/m1/s1. The zero-order valence-electron chi connectivity index (χ0n) is 13.3. The van der Waals surface area contributed by atoms with Gasteiger partial charge >= 0.3 is 0 Å². The highest BCUT2D eigenvalue weighted by Gasteiger charge is 2.24. The minimum absolute atomic E-state index is 0.0662. The lowest BCUT2D eigenvalue weighted by atomic mass is 10.2. The lowest BCUT2D eigenvalue weighted by molar-refractivity contribution is -0.136. The summed E-state index contributed by atoms with van der Waals surface area (Å²) in [5.41, 5.74) is 1.76. The summed E-state index contributed by atoms with van der Waals surface area (Å²) in [6.45, 7) is 5.23.